The number of rotatable bonds is 12. The van der Waals surface area contributed by atoms with Gasteiger partial charge in [-0.15, -0.1) is 0 Å². The van der Waals surface area contributed by atoms with Gasteiger partial charge in [-0.05, 0) is 53.4 Å². The summed E-state index contributed by atoms with van der Waals surface area (Å²) in [4.78, 5) is 33.9. The fraction of sp³-hybridized carbons (Fsp3) is 0.300. The Kier molecular flexibility index (Phi) is 8.11. The minimum Gasteiger partial charge on any atom is -0.494 e. The molecule has 1 heterocycles. The zero-order valence-corrected chi connectivity index (χ0v) is 18.1. The molecule has 0 radical (unpaired) electrons. The first-order valence-corrected chi connectivity index (χ1v) is 10.2. The highest BCUT2D eigenvalue weighted by atomic mass is 16.6. The third-order valence-electron chi connectivity index (χ3n) is 4.75. The quantitative estimate of drug-likeness (QED) is 0.0843. The number of ether oxygens (including phenoxy) is 2. The largest absolute Gasteiger partial charge is 0.494 e. The van der Waals surface area contributed by atoms with E-state index in [0.29, 0.717) is 17.9 Å². The normalized spacial score (nSPS) is 10.7. The van der Waals surface area contributed by atoms with Gasteiger partial charge in [0.1, 0.15) is 12.4 Å². The highest BCUT2D eigenvalue weighted by Gasteiger charge is 2.20. The number of esters is 1. The maximum absolute atomic E-state index is 11.9. The first kappa shape index (κ1) is 24.6. The van der Waals surface area contributed by atoms with Crippen LogP contribution >= 0.6 is 0 Å². The molecule has 0 aliphatic heterocycles. The second kappa shape index (κ2) is 11.2. The van der Waals surface area contributed by atoms with Crippen molar-refractivity contribution >= 4 is 46.7 Å². The maximum atomic E-state index is 11.9. The van der Waals surface area contributed by atoms with Crippen LogP contribution in [0.2, 0.25) is 0 Å². The summed E-state index contributed by atoms with van der Waals surface area (Å²) in [6, 6.07) is 7.09. The third kappa shape index (κ3) is 6.05. The van der Waals surface area contributed by atoms with Gasteiger partial charge in [-0.25, -0.2) is 4.63 Å². The van der Waals surface area contributed by atoms with Crippen LogP contribution in [0.1, 0.15) is 30.1 Å². The molecule has 0 unspecified atom stereocenters. The minimum atomic E-state index is -1.81. The van der Waals surface area contributed by atoms with Gasteiger partial charge in [-0.1, -0.05) is 0 Å². The molecule has 0 aliphatic rings. The van der Waals surface area contributed by atoms with E-state index < -0.39 is 18.0 Å². The molecule has 34 heavy (non-hydrogen) atoms. The first-order valence-electron chi connectivity index (χ1n) is 10.2. The topological polar surface area (TPSA) is 187 Å². The van der Waals surface area contributed by atoms with E-state index in [2.05, 4.69) is 20.3 Å². The van der Waals surface area contributed by atoms with Crippen LogP contribution in [0.15, 0.2) is 35.0 Å². The van der Waals surface area contributed by atoms with Gasteiger partial charge in [-0.3, -0.25) is 19.7 Å². The Balaban J connectivity index is 1.39. The van der Waals surface area contributed by atoms with Crippen LogP contribution in [-0.2, 0) is 9.53 Å². The molecule has 0 fully saturated rings. The Hall–Kier alpha value is -4.04. The highest BCUT2D eigenvalue weighted by molar-refractivity contribution is 6.60. The molecule has 0 saturated heterocycles. The maximum Gasteiger partial charge on any atom is 0.489 e. The zero-order chi connectivity index (χ0) is 24.7. The number of non-ortho nitro benzene ring substituents is 1. The fourth-order valence-corrected chi connectivity index (χ4v) is 3.14. The molecule has 0 saturated carbocycles. The Morgan fingerprint density at radius 1 is 1.18 bits per heavy atom. The molecule has 13 nitrogen and oxygen atoms in total. The van der Waals surface area contributed by atoms with Crippen LogP contribution in [0, 0.1) is 10.1 Å². The van der Waals surface area contributed by atoms with Gasteiger partial charge in [0.05, 0.1) is 17.2 Å². The van der Waals surface area contributed by atoms with E-state index in [-0.39, 0.29) is 59.7 Å². The van der Waals surface area contributed by atoms with Gasteiger partial charge >= 0.3 is 18.8 Å². The molecule has 0 atom stereocenters. The van der Waals surface area contributed by atoms with Crippen molar-refractivity contribution in [1.82, 2.24) is 10.3 Å². The van der Waals surface area contributed by atoms with Crippen molar-refractivity contribution in [3.63, 3.8) is 0 Å². The Bertz CT molecular complexity index is 1200. The van der Waals surface area contributed by atoms with Crippen LogP contribution in [0.4, 0.5) is 11.4 Å². The van der Waals surface area contributed by atoms with Crippen LogP contribution in [0.5, 0.6) is 5.75 Å². The van der Waals surface area contributed by atoms with Crippen LogP contribution < -0.4 is 15.5 Å². The number of fused-ring (bicyclic) bond motifs is 1. The van der Waals surface area contributed by atoms with Gasteiger partial charge in [0.15, 0.2) is 11.3 Å². The molecule has 0 spiro atoms. The zero-order valence-electron chi connectivity index (χ0n) is 18.1. The number of hydrogen-bond donors (Lipinski definition) is 3. The Morgan fingerprint density at radius 3 is 2.65 bits per heavy atom. The molecule has 0 aliphatic carbocycles. The van der Waals surface area contributed by atoms with E-state index in [4.69, 9.17) is 9.47 Å². The monoisotopic (exact) mass is 472 g/mol. The number of aromatic nitrogens is 2. The summed E-state index contributed by atoms with van der Waals surface area (Å²) >= 11 is 0. The summed E-state index contributed by atoms with van der Waals surface area (Å²) < 4.78 is 15.2. The summed E-state index contributed by atoms with van der Waals surface area (Å²) in [5.74, 6) is -0.411. The van der Waals surface area contributed by atoms with Crippen molar-refractivity contribution in [2.45, 2.75) is 19.8 Å². The van der Waals surface area contributed by atoms with E-state index >= 15 is 0 Å². The summed E-state index contributed by atoms with van der Waals surface area (Å²) in [5.41, 5.74) is 0.676. The second-order valence-corrected chi connectivity index (χ2v) is 7.13. The minimum absolute atomic E-state index is 0.0172. The van der Waals surface area contributed by atoms with E-state index in [1.165, 1.54) is 37.3 Å². The predicted octanol–water partition coefficient (Wildman–Crippen LogP) is 0.828. The number of carbonyl (C=O) groups is 2. The van der Waals surface area contributed by atoms with Crippen molar-refractivity contribution in [3.8, 4) is 5.75 Å². The van der Waals surface area contributed by atoms with Crippen molar-refractivity contribution in [2.24, 2.45) is 0 Å². The fourth-order valence-electron chi connectivity index (χ4n) is 3.14. The first-order chi connectivity index (χ1) is 16.3. The van der Waals surface area contributed by atoms with Crippen molar-refractivity contribution in [2.75, 3.05) is 25.1 Å². The predicted molar refractivity (Wildman–Crippen MR) is 119 cm³/mol. The number of hydrogen-bond acceptors (Lipinski definition) is 12. The number of nitrogens with one attached hydrogen (secondary N) is 1. The number of benzene rings is 2. The Morgan fingerprint density at radius 2 is 1.94 bits per heavy atom. The van der Waals surface area contributed by atoms with Crippen molar-refractivity contribution in [3.05, 3.63) is 46.0 Å². The van der Waals surface area contributed by atoms with E-state index in [1.54, 1.807) is 0 Å². The molecule has 2 aromatic carbocycles. The summed E-state index contributed by atoms with van der Waals surface area (Å²) in [6.07, 6.45) is 0.446. The number of nitro benzene ring substituents is 1. The number of nitrogens with zero attached hydrogens (tertiary/aromatic N) is 3. The van der Waals surface area contributed by atoms with Gasteiger partial charge in [-0.2, -0.15) is 0 Å². The average Bonchev–Trinajstić information content (AvgIpc) is 3.29. The lowest BCUT2D eigenvalue weighted by Crippen LogP contribution is -2.34. The summed E-state index contributed by atoms with van der Waals surface area (Å²) in [5, 5.41) is 40.0. The molecule has 0 amide bonds. The smallest absolute Gasteiger partial charge is 0.489 e. The average molecular weight is 472 g/mol. The molecule has 0 bridgehead atoms. The lowest BCUT2D eigenvalue weighted by atomic mass is 9.76. The lowest BCUT2D eigenvalue weighted by Gasteiger charge is -2.11. The number of anilines is 1. The number of nitro groups is 1. The third-order valence-corrected chi connectivity index (χ3v) is 4.75. The van der Waals surface area contributed by atoms with E-state index in [9.17, 15) is 29.8 Å². The number of carbonyl (C=O) groups excluding carboxylic acids is 2. The summed E-state index contributed by atoms with van der Waals surface area (Å²) in [6.45, 7) is 1.78. The van der Waals surface area contributed by atoms with Crippen LogP contribution in [-0.4, -0.2) is 63.9 Å². The lowest BCUT2D eigenvalue weighted by molar-refractivity contribution is -0.383. The van der Waals surface area contributed by atoms with Crippen molar-refractivity contribution in [1.29, 1.82) is 0 Å². The van der Waals surface area contributed by atoms with E-state index in [1.807, 2.05) is 0 Å². The van der Waals surface area contributed by atoms with Crippen LogP contribution in [0.25, 0.3) is 11.0 Å². The van der Waals surface area contributed by atoms with Crippen molar-refractivity contribution < 1.29 is 38.7 Å². The SMILES string of the molecule is CC(=O)c1ccc(OCCCC(=O)OCCNc2ccc([N+](=O)[O-])c3nonc23)cc1B(O)O. The molecule has 14 heteroatoms. The molecule has 178 valence electrons. The van der Waals surface area contributed by atoms with Gasteiger partial charge < -0.3 is 24.8 Å². The summed E-state index contributed by atoms with van der Waals surface area (Å²) in [7, 11) is -1.81. The molecular formula is C20H21BN4O9. The molecular weight excluding hydrogens is 451 g/mol. The number of Topliss-reactive ketones (excluding diaryl/α,β-unsaturated/α-hetero) is 1. The molecule has 3 N–H and O–H groups in total. The van der Waals surface area contributed by atoms with Gasteiger partial charge in [0.2, 0.25) is 5.52 Å². The standard InChI is InChI=1S/C20H21BN4O9/c1-12(26)14-5-4-13(11-15(14)21(28)29)32-9-2-3-18(27)33-10-8-22-16-6-7-17(25(30)31)20-19(16)23-34-24-20/h4-7,11,22,28-29H,2-3,8-10H2,1H3. The van der Waals surface area contributed by atoms with Crippen LogP contribution in [0.3, 0.4) is 0 Å². The number of ketones is 1. The van der Waals surface area contributed by atoms with Gasteiger partial charge in [0.25, 0.3) is 0 Å². The molecule has 3 aromatic rings. The molecule has 1 aromatic heterocycles. The van der Waals surface area contributed by atoms with Gasteiger partial charge in [0, 0.05) is 24.6 Å². The highest BCUT2D eigenvalue weighted by Crippen LogP contribution is 2.28. The second-order valence-electron chi connectivity index (χ2n) is 7.13. The van der Waals surface area contributed by atoms with E-state index in [0.717, 1.165) is 0 Å². The molecule has 3 rings (SSSR count). The Labute approximate surface area is 192 Å².